The molecule has 0 unspecified atom stereocenters. The topological polar surface area (TPSA) is 83.1 Å². The zero-order chi connectivity index (χ0) is 19.0. The number of amidine groups is 1. The molecule has 1 fully saturated rings. The molecule has 1 saturated heterocycles. The van der Waals surface area contributed by atoms with E-state index in [-0.39, 0.29) is 11.5 Å². The van der Waals surface area contributed by atoms with Crippen LogP contribution in [-0.2, 0) is 4.79 Å². The van der Waals surface area contributed by atoms with E-state index in [1.165, 1.54) is 22.7 Å². The molecule has 0 radical (unpaired) electrons. The number of thioether (sulfide) groups is 1. The number of nitrogens with zero attached hydrogens (tertiary/aromatic N) is 2. The monoisotopic (exact) mass is 498 g/mol. The second-order valence-corrected chi connectivity index (χ2v) is 8.03. The summed E-state index contributed by atoms with van der Waals surface area (Å²) in [6, 6.07) is 6.44. The van der Waals surface area contributed by atoms with Gasteiger partial charge in [-0.2, -0.15) is 0 Å². The van der Waals surface area contributed by atoms with E-state index in [9.17, 15) is 9.59 Å². The van der Waals surface area contributed by atoms with Gasteiger partial charge in [-0.1, -0.05) is 0 Å². The molecule has 1 aromatic carbocycles. The van der Waals surface area contributed by atoms with Gasteiger partial charge in [-0.15, -0.1) is 0 Å². The Morgan fingerprint density at radius 3 is 2.65 bits per heavy atom. The molecule has 1 aliphatic rings. The van der Waals surface area contributed by atoms with E-state index in [1.807, 2.05) is 0 Å². The fourth-order valence-corrected chi connectivity index (χ4v) is 3.80. The number of aliphatic imine (C=N–C) groups is 1. The quantitative estimate of drug-likeness (QED) is 0.597. The van der Waals surface area contributed by atoms with Crippen LogP contribution in [0.25, 0.3) is 6.08 Å². The number of likely N-dealkylation sites (N-methyl/N-ethyl adjacent to an activating group) is 1. The molecule has 26 heavy (non-hydrogen) atoms. The molecule has 6 nitrogen and oxygen atoms in total. The standard InChI is InChI=1S/C17H12Br2N2O4S/c1-8-5-9(16(23)24)3-4-12(8)20-17-21(2)15(22)13(26-17)7-10-6-11(18)14(19)25-10/h3-7H,1-2H3,(H,23,24)/b13-7-,20-17?. The maximum Gasteiger partial charge on any atom is 0.335 e. The van der Waals surface area contributed by atoms with E-state index in [1.54, 1.807) is 38.2 Å². The number of amides is 1. The maximum absolute atomic E-state index is 12.4. The molecular weight excluding hydrogens is 488 g/mol. The van der Waals surface area contributed by atoms with E-state index in [2.05, 4.69) is 36.9 Å². The molecule has 134 valence electrons. The van der Waals surface area contributed by atoms with E-state index < -0.39 is 5.97 Å². The first-order valence-corrected chi connectivity index (χ1v) is 9.71. The van der Waals surface area contributed by atoms with Gasteiger partial charge < -0.3 is 9.52 Å². The zero-order valence-corrected chi connectivity index (χ0v) is 17.6. The number of carbonyl (C=O) groups is 2. The van der Waals surface area contributed by atoms with Crippen LogP contribution in [-0.4, -0.2) is 34.1 Å². The number of furan rings is 1. The SMILES string of the molecule is Cc1cc(C(=O)O)ccc1N=C1S/C(=C\c2cc(Br)c(Br)o2)C(=O)N1C. The molecular formula is C17H12Br2N2O4S. The Morgan fingerprint density at radius 2 is 2.08 bits per heavy atom. The lowest BCUT2D eigenvalue weighted by Gasteiger charge is -2.08. The van der Waals surface area contributed by atoms with Gasteiger partial charge in [0, 0.05) is 13.1 Å². The average molecular weight is 500 g/mol. The number of carboxylic acid groups (broad SMARTS) is 1. The molecule has 0 aliphatic carbocycles. The van der Waals surface area contributed by atoms with Crippen molar-refractivity contribution in [1.82, 2.24) is 4.90 Å². The van der Waals surface area contributed by atoms with Gasteiger partial charge in [0.15, 0.2) is 9.84 Å². The Hall–Kier alpha value is -1.84. The second kappa shape index (κ2) is 7.42. The highest BCUT2D eigenvalue weighted by atomic mass is 79.9. The highest BCUT2D eigenvalue weighted by molar-refractivity contribution is 9.13. The van der Waals surface area contributed by atoms with Crippen molar-refractivity contribution in [3.63, 3.8) is 0 Å². The number of aryl methyl sites for hydroxylation is 1. The lowest BCUT2D eigenvalue weighted by atomic mass is 10.1. The molecule has 1 amide bonds. The van der Waals surface area contributed by atoms with Gasteiger partial charge >= 0.3 is 5.97 Å². The number of carboxylic acids is 1. The highest BCUT2D eigenvalue weighted by Gasteiger charge is 2.31. The third-order valence-electron chi connectivity index (χ3n) is 3.60. The molecule has 0 atom stereocenters. The Kier molecular flexibility index (Phi) is 5.40. The number of aromatic carboxylic acids is 1. The minimum Gasteiger partial charge on any atom is -0.478 e. The molecule has 0 bridgehead atoms. The summed E-state index contributed by atoms with van der Waals surface area (Å²) in [5.41, 5.74) is 1.53. The molecule has 0 spiro atoms. The Bertz CT molecular complexity index is 962. The summed E-state index contributed by atoms with van der Waals surface area (Å²) in [4.78, 5) is 29.9. The normalized spacial score (nSPS) is 17.5. The fourth-order valence-electron chi connectivity index (χ4n) is 2.23. The van der Waals surface area contributed by atoms with Gasteiger partial charge in [0.25, 0.3) is 5.91 Å². The van der Waals surface area contributed by atoms with E-state index in [0.717, 1.165) is 10.0 Å². The van der Waals surface area contributed by atoms with Gasteiger partial charge in [0.05, 0.1) is 20.6 Å². The van der Waals surface area contributed by atoms with Crippen LogP contribution in [0.5, 0.6) is 0 Å². The van der Waals surface area contributed by atoms with Crippen molar-refractivity contribution in [3.8, 4) is 0 Å². The van der Waals surface area contributed by atoms with Crippen LogP contribution in [0.3, 0.4) is 0 Å². The number of hydrogen-bond donors (Lipinski definition) is 1. The molecule has 1 aromatic heterocycles. The summed E-state index contributed by atoms with van der Waals surface area (Å²) in [6.07, 6.45) is 1.65. The molecule has 9 heteroatoms. The van der Waals surface area contributed by atoms with Gasteiger partial charge in [-0.25, -0.2) is 9.79 Å². The smallest absolute Gasteiger partial charge is 0.335 e. The van der Waals surface area contributed by atoms with Crippen molar-refractivity contribution in [2.75, 3.05) is 7.05 Å². The van der Waals surface area contributed by atoms with Crippen LogP contribution < -0.4 is 0 Å². The number of benzene rings is 1. The minimum absolute atomic E-state index is 0.183. The Morgan fingerprint density at radius 1 is 1.35 bits per heavy atom. The predicted molar refractivity (Wildman–Crippen MR) is 108 cm³/mol. The van der Waals surface area contributed by atoms with Gasteiger partial charge in [-0.05, 0) is 80.4 Å². The highest BCUT2D eigenvalue weighted by Crippen LogP contribution is 2.35. The third-order valence-corrected chi connectivity index (χ3v) is 6.37. The van der Waals surface area contributed by atoms with E-state index >= 15 is 0 Å². The summed E-state index contributed by atoms with van der Waals surface area (Å²) in [7, 11) is 1.64. The second-order valence-electron chi connectivity index (χ2n) is 5.45. The van der Waals surface area contributed by atoms with Crippen molar-refractivity contribution in [2.45, 2.75) is 6.92 Å². The number of halogens is 2. The Labute approximate surface area is 170 Å². The fraction of sp³-hybridized carbons (Fsp3) is 0.118. The lowest BCUT2D eigenvalue weighted by molar-refractivity contribution is -0.121. The van der Waals surface area contributed by atoms with Crippen LogP contribution in [0, 0.1) is 6.92 Å². The van der Waals surface area contributed by atoms with Crippen molar-refractivity contribution in [3.05, 3.63) is 55.2 Å². The van der Waals surface area contributed by atoms with Gasteiger partial charge in [0.2, 0.25) is 0 Å². The maximum atomic E-state index is 12.4. The van der Waals surface area contributed by atoms with Crippen molar-refractivity contribution < 1.29 is 19.1 Å². The summed E-state index contributed by atoms with van der Waals surface area (Å²) in [6.45, 7) is 1.78. The van der Waals surface area contributed by atoms with Crippen molar-refractivity contribution >= 4 is 72.4 Å². The van der Waals surface area contributed by atoms with Crippen LogP contribution >= 0.6 is 43.6 Å². The number of hydrogen-bond acceptors (Lipinski definition) is 5. The van der Waals surface area contributed by atoms with Gasteiger partial charge in [0.1, 0.15) is 5.76 Å². The predicted octanol–water partition coefficient (Wildman–Crippen LogP) is 5.05. The zero-order valence-electron chi connectivity index (χ0n) is 13.6. The van der Waals surface area contributed by atoms with Crippen LogP contribution in [0.1, 0.15) is 21.7 Å². The molecule has 1 aliphatic heterocycles. The number of carbonyl (C=O) groups excluding carboxylic acids is 1. The van der Waals surface area contributed by atoms with Gasteiger partial charge in [-0.3, -0.25) is 9.69 Å². The summed E-state index contributed by atoms with van der Waals surface area (Å²) < 4.78 is 6.79. The molecule has 2 heterocycles. The Balaban J connectivity index is 1.91. The summed E-state index contributed by atoms with van der Waals surface area (Å²) in [5, 5.41) is 9.55. The summed E-state index contributed by atoms with van der Waals surface area (Å²) >= 11 is 7.83. The third kappa shape index (κ3) is 3.79. The van der Waals surface area contributed by atoms with Crippen molar-refractivity contribution in [1.29, 1.82) is 0 Å². The van der Waals surface area contributed by atoms with Crippen LogP contribution in [0.4, 0.5) is 5.69 Å². The molecule has 3 rings (SSSR count). The largest absolute Gasteiger partial charge is 0.478 e. The molecule has 1 N–H and O–H groups in total. The molecule has 0 saturated carbocycles. The minimum atomic E-state index is -0.990. The van der Waals surface area contributed by atoms with Crippen LogP contribution in [0.2, 0.25) is 0 Å². The summed E-state index contributed by atoms with van der Waals surface area (Å²) in [5.74, 6) is -0.635. The average Bonchev–Trinajstić information content (AvgIpc) is 3.03. The number of rotatable bonds is 3. The van der Waals surface area contributed by atoms with E-state index in [4.69, 9.17) is 9.52 Å². The molecule has 2 aromatic rings. The van der Waals surface area contributed by atoms with Crippen molar-refractivity contribution in [2.24, 2.45) is 4.99 Å². The first-order chi connectivity index (χ1) is 12.3. The first-order valence-electron chi connectivity index (χ1n) is 7.31. The lowest BCUT2D eigenvalue weighted by Crippen LogP contribution is -2.23. The first kappa shape index (κ1) is 18.9. The van der Waals surface area contributed by atoms with E-state index in [0.29, 0.717) is 26.2 Å². The van der Waals surface area contributed by atoms with Crippen LogP contribution in [0.15, 0.2) is 47.7 Å².